The van der Waals surface area contributed by atoms with Crippen LogP contribution in [0.4, 0.5) is 11.5 Å². The molecular weight excluding hydrogens is 313 g/mol. The smallest absolute Gasteiger partial charge is 0.285 e. The van der Waals surface area contributed by atoms with Gasteiger partial charge in [0, 0.05) is 25.3 Å². The van der Waals surface area contributed by atoms with Crippen LogP contribution in [0.15, 0.2) is 29.3 Å². The zero-order valence-corrected chi connectivity index (χ0v) is 12.5. The number of aromatic nitrogens is 3. The van der Waals surface area contributed by atoms with E-state index in [9.17, 15) is 4.79 Å². The van der Waals surface area contributed by atoms with Crippen molar-refractivity contribution in [2.75, 3.05) is 23.3 Å². The minimum atomic E-state index is -0.399. The second-order valence-electron chi connectivity index (χ2n) is 4.81. The van der Waals surface area contributed by atoms with E-state index in [0.717, 1.165) is 25.3 Å². The Morgan fingerprint density at radius 3 is 3.10 bits per heavy atom. The summed E-state index contributed by atoms with van der Waals surface area (Å²) in [6, 6.07) is 3.78. The van der Waals surface area contributed by atoms with E-state index in [2.05, 4.69) is 25.4 Å². The van der Waals surface area contributed by atoms with Gasteiger partial charge >= 0.3 is 0 Å². The van der Waals surface area contributed by atoms with Gasteiger partial charge in [-0.05, 0) is 18.6 Å². The van der Waals surface area contributed by atoms with Crippen LogP contribution < -0.4 is 15.8 Å². The number of pyridine rings is 1. The molecule has 1 aliphatic heterocycles. The standard InChI is InChI=1S/C13H13Cl2N5O/c14-9-2-1-4-16-12(9)20-5-3-8(7-20)18-10-6-17-19-13(21)11(10)15/h1-2,4,6,8H,3,5,7H2,(H2,18,19,21). The maximum absolute atomic E-state index is 11.4. The lowest BCUT2D eigenvalue weighted by Gasteiger charge is -2.19. The summed E-state index contributed by atoms with van der Waals surface area (Å²) in [6.45, 7) is 1.57. The number of aromatic amines is 1. The maximum Gasteiger partial charge on any atom is 0.285 e. The molecule has 3 rings (SSSR count). The van der Waals surface area contributed by atoms with Gasteiger partial charge in [0.1, 0.15) is 10.8 Å². The Kier molecular flexibility index (Phi) is 3.98. The molecule has 0 bridgehead atoms. The number of hydrogen-bond donors (Lipinski definition) is 2. The molecule has 0 spiro atoms. The van der Waals surface area contributed by atoms with Crippen LogP contribution in [-0.4, -0.2) is 34.3 Å². The number of halogens is 2. The predicted molar refractivity (Wildman–Crippen MR) is 83.4 cm³/mol. The first-order chi connectivity index (χ1) is 10.1. The van der Waals surface area contributed by atoms with E-state index in [1.54, 1.807) is 12.3 Å². The van der Waals surface area contributed by atoms with Gasteiger partial charge in [-0.25, -0.2) is 10.1 Å². The summed E-state index contributed by atoms with van der Waals surface area (Å²) in [5, 5.41) is 10.0. The molecule has 2 aromatic rings. The van der Waals surface area contributed by atoms with E-state index in [1.807, 2.05) is 6.07 Å². The normalized spacial score (nSPS) is 18.0. The van der Waals surface area contributed by atoms with E-state index >= 15 is 0 Å². The summed E-state index contributed by atoms with van der Waals surface area (Å²) in [4.78, 5) is 17.8. The topological polar surface area (TPSA) is 73.9 Å². The van der Waals surface area contributed by atoms with Gasteiger partial charge in [-0.1, -0.05) is 23.2 Å². The molecule has 1 fully saturated rings. The zero-order chi connectivity index (χ0) is 14.8. The molecule has 1 saturated heterocycles. The zero-order valence-electron chi connectivity index (χ0n) is 11.0. The molecule has 0 amide bonds. The van der Waals surface area contributed by atoms with Gasteiger partial charge in [0.15, 0.2) is 0 Å². The summed E-state index contributed by atoms with van der Waals surface area (Å²) >= 11 is 12.1. The summed E-state index contributed by atoms with van der Waals surface area (Å²) in [6.07, 6.45) is 4.13. The molecule has 1 aliphatic rings. The SMILES string of the molecule is O=c1[nH]ncc(NC2CCN(c3ncccc3Cl)C2)c1Cl. The van der Waals surface area contributed by atoms with Crippen LogP contribution in [0.5, 0.6) is 0 Å². The lowest BCUT2D eigenvalue weighted by atomic mass is 10.2. The molecule has 21 heavy (non-hydrogen) atoms. The number of hydrogen-bond acceptors (Lipinski definition) is 5. The van der Waals surface area contributed by atoms with Crippen LogP contribution in [0.25, 0.3) is 0 Å². The van der Waals surface area contributed by atoms with Gasteiger partial charge < -0.3 is 10.2 Å². The third-order valence-electron chi connectivity index (χ3n) is 3.38. The number of nitrogens with one attached hydrogen (secondary N) is 2. The Hall–Kier alpha value is -1.79. The summed E-state index contributed by atoms with van der Waals surface area (Å²) < 4.78 is 0. The molecule has 0 saturated carbocycles. The fourth-order valence-electron chi connectivity index (χ4n) is 2.38. The van der Waals surface area contributed by atoms with Gasteiger partial charge in [0.2, 0.25) is 0 Å². The first-order valence-electron chi connectivity index (χ1n) is 6.50. The van der Waals surface area contributed by atoms with Crippen molar-refractivity contribution in [3.63, 3.8) is 0 Å². The Bertz CT molecular complexity index is 705. The van der Waals surface area contributed by atoms with Crippen LogP contribution >= 0.6 is 23.2 Å². The maximum atomic E-state index is 11.4. The first kappa shape index (κ1) is 14.2. The van der Waals surface area contributed by atoms with Crippen molar-refractivity contribution >= 4 is 34.7 Å². The number of nitrogens with zero attached hydrogens (tertiary/aromatic N) is 3. The third-order valence-corrected chi connectivity index (χ3v) is 4.05. The molecule has 2 aromatic heterocycles. The van der Waals surface area contributed by atoms with Crippen molar-refractivity contribution in [2.24, 2.45) is 0 Å². The highest BCUT2D eigenvalue weighted by molar-refractivity contribution is 6.33. The number of rotatable bonds is 3. The van der Waals surface area contributed by atoms with Crippen molar-refractivity contribution in [2.45, 2.75) is 12.5 Å². The van der Waals surface area contributed by atoms with Crippen LogP contribution in [0.1, 0.15) is 6.42 Å². The molecule has 0 aromatic carbocycles. The van der Waals surface area contributed by atoms with Crippen molar-refractivity contribution < 1.29 is 0 Å². The first-order valence-corrected chi connectivity index (χ1v) is 7.26. The van der Waals surface area contributed by atoms with E-state index in [1.165, 1.54) is 6.20 Å². The molecule has 110 valence electrons. The molecule has 1 atom stereocenters. The van der Waals surface area contributed by atoms with Crippen LogP contribution in [0, 0.1) is 0 Å². The largest absolute Gasteiger partial charge is 0.378 e. The van der Waals surface area contributed by atoms with Gasteiger partial charge in [-0.15, -0.1) is 0 Å². The van der Waals surface area contributed by atoms with E-state index < -0.39 is 5.56 Å². The Balaban J connectivity index is 1.72. The molecule has 8 heteroatoms. The highest BCUT2D eigenvalue weighted by Crippen LogP contribution is 2.27. The fourth-order valence-corrected chi connectivity index (χ4v) is 2.77. The van der Waals surface area contributed by atoms with Crippen LogP contribution in [0.2, 0.25) is 10.0 Å². The third kappa shape index (κ3) is 2.96. The van der Waals surface area contributed by atoms with Gasteiger partial charge in [0.05, 0.1) is 16.9 Å². The minimum absolute atomic E-state index is 0.124. The van der Waals surface area contributed by atoms with Crippen molar-refractivity contribution in [3.05, 3.63) is 44.9 Å². The Morgan fingerprint density at radius 1 is 1.43 bits per heavy atom. The Morgan fingerprint density at radius 2 is 2.29 bits per heavy atom. The molecule has 6 nitrogen and oxygen atoms in total. The van der Waals surface area contributed by atoms with E-state index in [-0.39, 0.29) is 11.1 Å². The average molecular weight is 326 g/mol. The summed E-state index contributed by atoms with van der Waals surface area (Å²) in [5.41, 5.74) is 0.142. The second-order valence-corrected chi connectivity index (χ2v) is 5.60. The summed E-state index contributed by atoms with van der Waals surface area (Å²) in [7, 11) is 0. The highest BCUT2D eigenvalue weighted by atomic mass is 35.5. The van der Waals surface area contributed by atoms with E-state index in [0.29, 0.717) is 10.7 Å². The number of H-pyrrole nitrogens is 1. The molecule has 0 radical (unpaired) electrons. The fraction of sp³-hybridized carbons (Fsp3) is 0.308. The highest BCUT2D eigenvalue weighted by Gasteiger charge is 2.25. The lowest BCUT2D eigenvalue weighted by Crippen LogP contribution is -2.27. The molecule has 3 heterocycles. The summed E-state index contributed by atoms with van der Waals surface area (Å²) in [5.74, 6) is 0.776. The van der Waals surface area contributed by atoms with Gasteiger partial charge in [-0.3, -0.25) is 4.79 Å². The van der Waals surface area contributed by atoms with Gasteiger partial charge in [0.25, 0.3) is 5.56 Å². The van der Waals surface area contributed by atoms with Gasteiger partial charge in [-0.2, -0.15) is 5.10 Å². The molecule has 1 unspecified atom stereocenters. The molecular formula is C13H13Cl2N5O. The monoisotopic (exact) mass is 325 g/mol. The van der Waals surface area contributed by atoms with Crippen molar-refractivity contribution in [1.82, 2.24) is 15.2 Å². The van der Waals surface area contributed by atoms with E-state index in [4.69, 9.17) is 23.2 Å². The predicted octanol–water partition coefficient (Wildman–Crippen LogP) is 2.16. The average Bonchev–Trinajstić information content (AvgIpc) is 2.93. The van der Waals surface area contributed by atoms with Crippen molar-refractivity contribution in [3.8, 4) is 0 Å². The Labute approximate surface area is 131 Å². The number of anilines is 2. The second kappa shape index (κ2) is 5.91. The minimum Gasteiger partial charge on any atom is -0.378 e. The quantitative estimate of drug-likeness (QED) is 0.904. The lowest BCUT2D eigenvalue weighted by molar-refractivity contribution is 0.802. The van der Waals surface area contributed by atoms with Crippen LogP contribution in [-0.2, 0) is 0 Å². The molecule has 2 N–H and O–H groups in total. The van der Waals surface area contributed by atoms with Crippen molar-refractivity contribution in [1.29, 1.82) is 0 Å². The van der Waals surface area contributed by atoms with Crippen LogP contribution in [0.3, 0.4) is 0 Å². The molecule has 0 aliphatic carbocycles.